The van der Waals surface area contributed by atoms with Crippen LogP contribution in [0.5, 0.6) is 0 Å². The van der Waals surface area contributed by atoms with Gasteiger partial charge >= 0.3 is 0 Å². The van der Waals surface area contributed by atoms with E-state index >= 15 is 0 Å². The number of hydrogen-bond donors (Lipinski definition) is 0. The molecule has 3 rings (SSSR count). The molecule has 3 nitrogen and oxygen atoms in total. The molecule has 3 heteroatoms. The zero-order valence-corrected chi connectivity index (χ0v) is 13.5. The minimum atomic E-state index is 0.410. The number of para-hydroxylation sites is 2. The molecule has 0 radical (unpaired) electrons. The van der Waals surface area contributed by atoms with Gasteiger partial charge in [-0.25, -0.2) is 4.98 Å². The summed E-state index contributed by atoms with van der Waals surface area (Å²) in [5, 5.41) is 0. The first kappa shape index (κ1) is 14.8. The highest BCUT2D eigenvalue weighted by atomic mass is 15.2. The van der Waals surface area contributed by atoms with Crippen molar-refractivity contribution in [1.82, 2.24) is 14.5 Å². The monoisotopic (exact) mass is 293 g/mol. The first-order valence-electron chi connectivity index (χ1n) is 7.83. The largest absolute Gasteiger partial charge is 0.324 e. The maximum absolute atomic E-state index is 4.84. The van der Waals surface area contributed by atoms with Crippen molar-refractivity contribution >= 4 is 11.0 Å². The molecule has 1 heterocycles. The van der Waals surface area contributed by atoms with Crippen LogP contribution in [0.25, 0.3) is 11.0 Å². The summed E-state index contributed by atoms with van der Waals surface area (Å²) in [6.07, 6.45) is 0. The number of benzene rings is 2. The second-order valence-corrected chi connectivity index (χ2v) is 6.14. The molecule has 0 unspecified atom stereocenters. The molecule has 22 heavy (non-hydrogen) atoms. The maximum Gasteiger partial charge on any atom is 0.124 e. The minimum absolute atomic E-state index is 0.410. The van der Waals surface area contributed by atoms with E-state index in [9.17, 15) is 0 Å². The van der Waals surface area contributed by atoms with Gasteiger partial charge in [0.25, 0.3) is 0 Å². The normalized spacial score (nSPS) is 11.7. The lowest BCUT2D eigenvalue weighted by Gasteiger charge is -2.19. The number of fused-ring (bicyclic) bond motifs is 1. The first-order chi connectivity index (χ1) is 10.6. The topological polar surface area (TPSA) is 21.1 Å². The van der Waals surface area contributed by atoms with Gasteiger partial charge in [0.05, 0.1) is 17.6 Å². The highest BCUT2D eigenvalue weighted by molar-refractivity contribution is 5.76. The highest BCUT2D eigenvalue weighted by Gasteiger charge is 2.14. The van der Waals surface area contributed by atoms with Crippen molar-refractivity contribution in [1.29, 1.82) is 0 Å². The zero-order chi connectivity index (χ0) is 15.5. The van der Waals surface area contributed by atoms with Crippen molar-refractivity contribution in [2.45, 2.75) is 33.0 Å². The van der Waals surface area contributed by atoms with Crippen LogP contribution >= 0.6 is 0 Å². The van der Waals surface area contributed by atoms with Crippen molar-refractivity contribution in [2.75, 3.05) is 7.05 Å². The van der Waals surface area contributed by atoms with Crippen LogP contribution in [-0.4, -0.2) is 21.5 Å². The lowest BCUT2D eigenvalue weighted by molar-refractivity contribution is 0.303. The first-order valence-corrected chi connectivity index (χ1v) is 7.83. The molecule has 0 spiro atoms. The Balaban J connectivity index is 1.85. The summed E-state index contributed by atoms with van der Waals surface area (Å²) < 4.78 is 2.34. The van der Waals surface area contributed by atoms with E-state index in [0.29, 0.717) is 6.04 Å². The summed E-state index contributed by atoms with van der Waals surface area (Å²) in [6.45, 7) is 6.22. The van der Waals surface area contributed by atoms with Crippen molar-refractivity contribution in [2.24, 2.45) is 0 Å². The third-order valence-electron chi connectivity index (χ3n) is 3.89. The lowest BCUT2D eigenvalue weighted by atomic mass is 10.2. The molecule has 0 aliphatic heterocycles. The van der Waals surface area contributed by atoms with Gasteiger partial charge in [-0.3, -0.25) is 4.90 Å². The third-order valence-corrected chi connectivity index (χ3v) is 3.89. The van der Waals surface area contributed by atoms with E-state index in [1.807, 2.05) is 0 Å². The smallest absolute Gasteiger partial charge is 0.124 e. The summed E-state index contributed by atoms with van der Waals surface area (Å²) >= 11 is 0. The van der Waals surface area contributed by atoms with Gasteiger partial charge < -0.3 is 4.57 Å². The van der Waals surface area contributed by atoms with Crippen LogP contribution < -0.4 is 0 Å². The van der Waals surface area contributed by atoms with Gasteiger partial charge in [-0.2, -0.15) is 0 Å². The van der Waals surface area contributed by atoms with Gasteiger partial charge in [-0.1, -0.05) is 42.5 Å². The lowest BCUT2D eigenvalue weighted by Crippen LogP contribution is -2.20. The fourth-order valence-corrected chi connectivity index (χ4v) is 2.97. The Morgan fingerprint density at radius 1 is 0.955 bits per heavy atom. The molecular formula is C19H23N3. The Morgan fingerprint density at radius 2 is 1.64 bits per heavy atom. The second kappa shape index (κ2) is 6.32. The van der Waals surface area contributed by atoms with Crippen LogP contribution in [-0.2, 0) is 13.1 Å². The molecule has 0 atom stereocenters. The average molecular weight is 293 g/mol. The Morgan fingerprint density at radius 3 is 2.36 bits per heavy atom. The molecule has 0 fully saturated rings. The summed E-state index contributed by atoms with van der Waals surface area (Å²) in [5.74, 6) is 1.13. The molecule has 0 bridgehead atoms. The second-order valence-electron chi connectivity index (χ2n) is 6.14. The molecule has 0 N–H and O–H groups in total. The number of rotatable bonds is 5. The zero-order valence-electron chi connectivity index (χ0n) is 13.5. The van der Waals surface area contributed by atoms with Gasteiger partial charge in [0.1, 0.15) is 5.82 Å². The molecule has 1 aromatic heterocycles. The average Bonchev–Trinajstić information content (AvgIpc) is 2.85. The van der Waals surface area contributed by atoms with Gasteiger partial charge in [0.15, 0.2) is 0 Å². The Bertz CT molecular complexity index is 744. The van der Waals surface area contributed by atoms with Crippen LogP contribution in [0.2, 0.25) is 0 Å². The fraction of sp³-hybridized carbons (Fsp3) is 0.316. The molecule has 114 valence electrons. The van der Waals surface area contributed by atoms with Crippen LogP contribution in [0, 0.1) is 0 Å². The summed E-state index contributed by atoms with van der Waals surface area (Å²) in [4.78, 5) is 7.15. The molecule has 0 saturated heterocycles. The molecule has 0 aliphatic rings. The molecule has 2 aromatic carbocycles. The fourth-order valence-electron chi connectivity index (χ4n) is 2.97. The van der Waals surface area contributed by atoms with Crippen LogP contribution in [0.1, 0.15) is 31.3 Å². The van der Waals surface area contributed by atoms with E-state index in [1.54, 1.807) is 0 Å². The van der Waals surface area contributed by atoms with E-state index in [0.717, 1.165) is 24.4 Å². The Hall–Kier alpha value is -2.13. The Kier molecular flexibility index (Phi) is 4.25. The van der Waals surface area contributed by atoms with Crippen LogP contribution in [0.3, 0.4) is 0 Å². The molecule has 0 amide bonds. The van der Waals surface area contributed by atoms with Gasteiger partial charge in [-0.15, -0.1) is 0 Å². The highest BCUT2D eigenvalue weighted by Crippen LogP contribution is 2.22. The van der Waals surface area contributed by atoms with Crippen molar-refractivity contribution in [3.05, 3.63) is 66.0 Å². The molecular weight excluding hydrogens is 270 g/mol. The summed E-state index contributed by atoms with van der Waals surface area (Å²) in [6, 6.07) is 19.4. The van der Waals surface area contributed by atoms with E-state index in [2.05, 4.69) is 85.0 Å². The van der Waals surface area contributed by atoms with E-state index in [4.69, 9.17) is 4.98 Å². The molecule has 0 aliphatic carbocycles. The predicted octanol–water partition coefficient (Wildman–Crippen LogP) is 4.25. The van der Waals surface area contributed by atoms with Crippen LogP contribution in [0.4, 0.5) is 0 Å². The number of nitrogens with zero attached hydrogens (tertiary/aromatic N) is 3. The van der Waals surface area contributed by atoms with Crippen molar-refractivity contribution in [3.8, 4) is 0 Å². The summed E-state index contributed by atoms with van der Waals surface area (Å²) in [5.41, 5.74) is 3.64. The van der Waals surface area contributed by atoms with Gasteiger partial charge in [0, 0.05) is 12.6 Å². The quantitative estimate of drug-likeness (QED) is 0.701. The SMILES string of the molecule is CC(C)n1c(CN(C)Cc2ccccc2)nc2ccccc21. The van der Waals surface area contributed by atoms with Crippen molar-refractivity contribution in [3.63, 3.8) is 0 Å². The van der Waals surface area contributed by atoms with E-state index < -0.39 is 0 Å². The number of hydrogen-bond acceptors (Lipinski definition) is 2. The molecule has 0 saturated carbocycles. The molecule has 3 aromatic rings. The van der Waals surface area contributed by atoms with Gasteiger partial charge in [-0.05, 0) is 38.6 Å². The van der Waals surface area contributed by atoms with E-state index in [-0.39, 0.29) is 0 Å². The minimum Gasteiger partial charge on any atom is -0.324 e. The number of imidazole rings is 1. The van der Waals surface area contributed by atoms with Gasteiger partial charge in [0.2, 0.25) is 0 Å². The van der Waals surface area contributed by atoms with E-state index in [1.165, 1.54) is 11.1 Å². The van der Waals surface area contributed by atoms with Crippen molar-refractivity contribution < 1.29 is 0 Å². The van der Waals surface area contributed by atoms with Crippen LogP contribution in [0.15, 0.2) is 54.6 Å². The third kappa shape index (κ3) is 3.04. The standard InChI is InChI=1S/C19H23N3/c1-15(2)22-18-12-8-7-11-17(18)20-19(22)14-21(3)13-16-9-5-4-6-10-16/h4-12,15H,13-14H2,1-3H3. The maximum atomic E-state index is 4.84. The number of aromatic nitrogens is 2. The Labute approximate surface area is 132 Å². The predicted molar refractivity (Wildman–Crippen MR) is 91.7 cm³/mol. The summed E-state index contributed by atoms with van der Waals surface area (Å²) in [7, 11) is 2.15.